The minimum Gasteiger partial charge on any atom is -0.463 e. The fraction of sp³-hybridized carbons (Fsp3) is 0.525. The van der Waals surface area contributed by atoms with E-state index in [0.717, 1.165) is 35.7 Å². The smallest absolute Gasteiger partial charge is 0.463 e. The van der Waals surface area contributed by atoms with Gasteiger partial charge in [-0.1, -0.05) is 53.1 Å². The van der Waals surface area contributed by atoms with E-state index in [1.54, 1.807) is 17.6 Å². The molecule has 5 heterocycles. The lowest BCUT2D eigenvalue weighted by Crippen LogP contribution is -2.47. The van der Waals surface area contributed by atoms with E-state index < -0.39 is 35.2 Å². The van der Waals surface area contributed by atoms with Gasteiger partial charge in [-0.05, 0) is 50.3 Å². The van der Waals surface area contributed by atoms with Crippen LogP contribution < -0.4 is 5.56 Å². The van der Waals surface area contributed by atoms with E-state index in [0.29, 0.717) is 23.1 Å². The van der Waals surface area contributed by atoms with Crippen molar-refractivity contribution < 1.29 is 57.1 Å². The first-order chi connectivity index (χ1) is 27.7. The van der Waals surface area contributed by atoms with Crippen LogP contribution in [0, 0.1) is 0 Å². The van der Waals surface area contributed by atoms with Crippen LogP contribution in [0.25, 0.3) is 22.3 Å². The molecule has 0 radical (unpaired) electrons. The summed E-state index contributed by atoms with van der Waals surface area (Å²) < 4.78 is 38.3. The molecule has 2 aromatic heterocycles. The molecule has 0 bridgehead atoms. The van der Waals surface area contributed by atoms with Crippen molar-refractivity contribution >= 4 is 62.5 Å². The Bertz CT molecular complexity index is 2010. The molecule has 0 saturated carbocycles. The number of carbonyl (C=O) groups is 5. The second-order valence-corrected chi connectivity index (χ2v) is 16.5. The first-order valence-corrected chi connectivity index (χ1v) is 21.6. The summed E-state index contributed by atoms with van der Waals surface area (Å²) in [7, 11) is 3.87. The van der Waals surface area contributed by atoms with Crippen LogP contribution in [0.4, 0.5) is 4.79 Å². The lowest BCUT2D eigenvalue weighted by atomic mass is 9.85. The highest BCUT2D eigenvalue weighted by atomic mass is 33.1. The Morgan fingerprint density at radius 3 is 2.32 bits per heavy atom. The van der Waals surface area contributed by atoms with Crippen molar-refractivity contribution in [3.8, 4) is 11.4 Å². The van der Waals surface area contributed by atoms with Gasteiger partial charge in [-0.3, -0.25) is 19.2 Å². The van der Waals surface area contributed by atoms with E-state index in [9.17, 15) is 28.8 Å². The molecule has 1 fully saturated rings. The zero-order chi connectivity index (χ0) is 40.2. The predicted octanol–water partition coefficient (Wildman–Crippen LogP) is 5.77. The number of pyridine rings is 2. The fourth-order valence-corrected chi connectivity index (χ4v) is 9.90. The fourth-order valence-electron chi connectivity index (χ4n) is 6.87. The summed E-state index contributed by atoms with van der Waals surface area (Å²) in [6.45, 7) is 2.66. The number of esters is 4. The van der Waals surface area contributed by atoms with Gasteiger partial charge in [-0.2, -0.15) is 0 Å². The number of hydrogen-bond acceptors (Lipinski definition) is 16. The standard InChI is InChI=1S/C40H46N2O13S2/c1-2-40(30-23-32-36-27(22-26-8-3-5-10-31(26)41-36)24-42(32)37(46)29(30)25-53-38(40)47)55-39(48)54-35(45)13-7-12-34(44)52-20-18-50-16-15-49-17-19-51-33(43)11-6-4-9-28-14-21-56-57-28/h3,5,8,10,22-23,28H,2,4,6-7,9,11-21,24-25H2,1H3. The van der Waals surface area contributed by atoms with Crippen LogP contribution in [0.5, 0.6) is 0 Å². The van der Waals surface area contributed by atoms with Crippen molar-refractivity contribution in [3.63, 3.8) is 0 Å². The van der Waals surface area contributed by atoms with Crippen molar-refractivity contribution in [3.05, 3.63) is 63.4 Å². The van der Waals surface area contributed by atoms with Gasteiger partial charge in [0.05, 0.1) is 55.4 Å². The molecular formula is C40H46N2O13S2. The molecule has 0 aliphatic carbocycles. The van der Waals surface area contributed by atoms with Crippen molar-refractivity contribution in [2.75, 3.05) is 45.4 Å². The van der Waals surface area contributed by atoms with Gasteiger partial charge in [0.2, 0.25) is 5.60 Å². The van der Waals surface area contributed by atoms with Crippen LogP contribution in [0.1, 0.15) is 81.4 Å². The number of aromatic nitrogens is 2. The zero-order valence-electron chi connectivity index (χ0n) is 31.8. The zero-order valence-corrected chi connectivity index (χ0v) is 33.4. The normalized spacial score (nSPS) is 18.0. The topological polar surface area (TPSA) is 185 Å². The Morgan fingerprint density at radius 2 is 1.60 bits per heavy atom. The molecular weight excluding hydrogens is 781 g/mol. The number of para-hydroxylation sites is 1. The molecule has 306 valence electrons. The van der Waals surface area contributed by atoms with E-state index in [1.165, 1.54) is 12.2 Å². The van der Waals surface area contributed by atoms with Crippen LogP contribution in [-0.2, 0) is 71.1 Å². The Hall–Kier alpha value is -4.45. The largest absolute Gasteiger partial charge is 0.517 e. The second kappa shape index (κ2) is 20.3. The SMILES string of the molecule is CCC1(OC(=O)OC(=O)CCCC(=O)OCCOCCOCCOC(=O)CCCCC2CCSS2)C(=O)OCc2c1cc1n(c2=O)Cc2cc3ccccc3nc2-1. The Kier molecular flexibility index (Phi) is 15.0. The van der Waals surface area contributed by atoms with E-state index >= 15 is 0 Å². The lowest BCUT2D eigenvalue weighted by molar-refractivity contribution is -0.177. The maximum Gasteiger partial charge on any atom is 0.517 e. The average Bonchev–Trinajstić information content (AvgIpc) is 3.85. The number of carbonyl (C=O) groups excluding carboxylic acids is 5. The molecule has 1 aromatic carbocycles. The molecule has 0 N–H and O–H groups in total. The van der Waals surface area contributed by atoms with Gasteiger partial charge in [-0.25, -0.2) is 14.6 Å². The van der Waals surface area contributed by atoms with E-state index in [2.05, 4.69) is 0 Å². The number of hydrogen-bond donors (Lipinski definition) is 0. The molecule has 3 aromatic rings. The minimum absolute atomic E-state index is 0.00675. The van der Waals surface area contributed by atoms with Gasteiger partial charge in [-0.15, -0.1) is 0 Å². The summed E-state index contributed by atoms with van der Waals surface area (Å²) in [5.41, 5.74) is 0.451. The maximum absolute atomic E-state index is 13.7. The minimum atomic E-state index is -2.04. The number of fused-ring (bicyclic) bond motifs is 5. The first kappa shape index (κ1) is 42.2. The highest BCUT2D eigenvalue weighted by Crippen LogP contribution is 2.42. The summed E-state index contributed by atoms with van der Waals surface area (Å²) in [5.74, 6) is -1.45. The van der Waals surface area contributed by atoms with Crippen molar-refractivity contribution in [1.29, 1.82) is 0 Å². The van der Waals surface area contributed by atoms with Crippen molar-refractivity contribution in [1.82, 2.24) is 9.55 Å². The molecule has 0 spiro atoms. The predicted molar refractivity (Wildman–Crippen MR) is 209 cm³/mol. The second-order valence-electron chi connectivity index (χ2n) is 13.7. The highest BCUT2D eigenvalue weighted by molar-refractivity contribution is 8.77. The van der Waals surface area contributed by atoms with Crippen LogP contribution in [0.15, 0.2) is 41.2 Å². The van der Waals surface area contributed by atoms with Crippen LogP contribution in [0.2, 0.25) is 0 Å². The van der Waals surface area contributed by atoms with Gasteiger partial charge >= 0.3 is 30.0 Å². The van der Waals surface area contributed by atoms with Crippen LogP contribution in [0.3, 0.4) is 0 Å². The van der Waals surface area contributed by atoms with Crippen molar-refractivity contribution in [2.24, 2.45) is 0 Å². The Morgan fingerprint density at radius 1 is 0.895 bits per heavy atom. The van der Waals surface area contributed by atoms with Crippen LogP contribution in [-0.4, -0.2) is 90.2 Å². The number of ether oxygens (including phenoxy) is 7. The molecule has 2 atom stereocenters. The monoisotopic (exact) mass is 826 g/mol. The van der Waals surface area contributed by atoms with Gasteiger partial charge < -0.3 is 37.7 Å². The molecule has 1 saturated heterocycles. The third-order valence-electron chi connectivity index (χ3n) is 9.84. The molecule has 2 unspecified atom stereocenters. The lowest BCUT2D eigenvalue weighted by Gasteiger charge is -2.35. The molecule has 57 heavy (non-hydrogen) atoms. The van der Waals surface area contributed by atoms with Gasteiger partial charge in [0.15, 0.2) is 0 Å². The molecule has 6 rings (SSSR count). The van der Waals surface area contributed by atoms with Gasteiger partial charge in [0.25, 0.3) is 5.56 Å². The van der Waals surface area contributed by atoms with Crippen molar-refractivity contribution in [2.45, 2.75) is 88.7 Å². The quantitative estimate of drug-likeness (QED) is 0.0344. The van der Waals surface area contributed by atoms with E-state index in [4.69, 9.17) is 38.1 Å². The molecule has 17 heteroatoms. The maximum atomic E-state index is 13.7. The molecule has 3 aliphatic heterocycles. The Labute approximate surface area is 337 Å². The number of benzene rings is 1. The molecule has 0 amide bonds. The summed E-state index contributed by atoms with van der Waals surface area (Å²) in [5, 5.41) is 1.63. The third kappa shape index (κ3) is 10.7. The number of cyclic esters (lactones) is 1. The summed E-state index contributed by atoms with van der Waals surface area (Å²) >= 11 is 0. The number of unbranched alkanes of at least 4 members (excludes halogenated alkanes) is 1. The van der Waals surface area contributed by atoms with E-state index in [-0.39, 0.29) is 95.6 Å². The first-order valence-electron chi connectivity index (χ1n) is 19.2. The number of nitrogens with zero attached hydrogens (tertiary/aromatic N) is 2. The van der Waals surface area contributed by atoms with Gasteiger partial charge in [0.1, 0.15) is 19.8 Å². The summed E-state index contributed by atoms with van der Waals surface area (Å²) in [4.78, 5) is 81.1. The highest BCUT2D eigenvalue weighted by Gasteiger charge is 2.51. The molecule has 3 aliphatic rings. The third-order valence-corrected chi connectivity index (χ3v) is 12.8. The van der Waals surface area contributed by atoms with E-state index in [1.807, 2.05) is 51.9 Å². The summed E-state index contributed by atoms with van der Waals surface area (Å²) in [6.07, 6.45) is 2.71. The molecule has 15 nitrogen and oxygen atoms in total. The van der Waals surface area contributed by atoms with Crippen LogP contribution >= 0.6 is 21.6 Å². The summed E-state index contributed by atoms with van der Waals surface area (Å²) in [6, 6.07) is 11.1. The average molecular weight is 827 g/mol. The Balaban J connectivity index is 0.860. The van der Waals surface area contributed by atoms with Gasteiger partial charge in [0, 0.05) is 46.8 Å². The number of rotatable bonds is 20.